The zero-order valence-electron chi connectivity index (χ0n) is 7.55. The molecule has 2 rings (SSSR count). The van der Waals surface area contributed by atoms with Crippen molar-refractivity contribution in [3.63, 3.8) is 0 Å². The predicted molar refractivity (Wildman–Crippen MR) is 45.8 cm³/mol. The molecular formula is C10H16O2. The molecule has 68 valence electrons. The highest BCUT2D eigenvalue weighted by molar-refractivity contribution is 5.67. The maximum absolute atomic E-state index is 10.6. The van der Waals surface area contributed by atoms with Gasteiger partial charge in [-0.25, -0.2) is 0 Å². The molecule has 1 N–H and O–H groups in total. The first-order valence-electron chi connectivity index (χ1n) is 4.81. The Kier molecular flexibility index (Phi) is 1.67. The van der Waals surface area contributed by atoms with Crippen molar-refractivity contribution >= 4 is 5.97 Å². The Labute approximate surface area is 73.0 Å². The van der Waals surface area contributed by atoms with Crippen molar-refractivity contribution in [2.24, 2.45) is 17.3 Å². The van der Waals surface area contributed by atoms with Crippen molar-refractivity contribution in [1.82, 2.24) is 0 Å². The second kappa shape index (κ2) is 2.48. The Morgan fingerprint density at radius 1 is 1.42 bits per heavy atom. The summed E-state index contributed by atoms with van der Waals surface area (Å²) in [5.41, 5.74) is 0.123. The molecule has 12 heavy (non-hydrogen) atoms. The van der Waals surface area contributed by atoms with Gasteiger partial charge in [-0.2, -0.15) is 0 Å². The summed E-state index contributed by atoms with van der Waals surface area (Å²) >= 11 is 0. The van der Waals surface area contributed by atoms with Gasteiger partial charge in [0.15, 0.2) is 0 Å². The number of carboxylic acid groups (broad SMARTS) is 1. The topological polar surface area (TPSA) is 37.3 Å². The van der Waals surface area contributed by atoms with Gasteiger partial charge in [-0.3, -0.25) is 4.79 Å². The minimum absolute atomic E-state index is 0.123. The van der Waals surface area contributed by atoms with Gasteiger partial charge in [0.05, 0.1) is 6.42 Å². The van der Waals surface area contributed by atoms with Crippen molar-refractivity contribution in [1.29, 1.82) is 0 Å². The zero-order valence-corrected chi connectivity index (χ0v) is 7.55. The van der Waals surface area contributed by atoms with Crippen LogP contribution in [0.25, 0.3) is 0 Å². The number of hydrogen-bond donors (Lipinski definition) is 1. The first-order chi connectivity index (χ1) is 5.59. The molecule has 2 aliphatic rings. The molecule has 2 aliphatic carbocycles. The lowest BCUT2D eigenvalue weighted by atomic mass is 9.77. The molecule has 2 fully saturated rings. The van der Waals surface area contributed by atoms with Gasteiger partial charge in [0.25, 0.3) is 0 Å². The average Bonchev–Trinajstić information content (AvgIpc) is 2.11. The summed E-state index contributed by atoms with van der Waals surface area (Å²) in [6.07, 6.45) is 5.38. The molecule has 1 unspecified atom stereocenters. The monoisotopic (exact) mass is 168 g/mol. The fraction of sp³-hybridized carbons (Fsp3) is 0.900. The largest absolute Gasteiger partial charge is 0.481 e. The number of hydrogen-bond acceptors (Lipinski definition) is 1. The van der Waals surface area contributed by atoms with Gasteiger partial charge in [-0.1, -0.05) is 6.92 Å². The van der Waals surface area contributed by atoms with E-state index in [1.807, 2.05) is 0 Å². The molecule has 0 heterocycles. The summed E-state index contributed by atoms with van der Waals surface area (Å²) < 4.78 is 0. The minimum atomic E-state index is -0.626. The van der Waals surface area contributed by atoms with Gasteiger partial charge < -0.3 is 5.11 Å². The normalized spacial score (nSPS) is 45.1. The summed E-state index contributed by atoms with van der Waals surface area (Å²) in [5.74, 6) is 1.11. The Bertz CT molecular complexity index is 198. The summed E-state index contributed by atoms with van der Waals surface area (Å²) in [6, 6.07) is 0. The van der Waals surface area contributed by atoms with Gasteiger partial charge in [-0.05, 0) is 42.9 Å². The lowest BCUT2D eigenvalue weighted by Gasteiger charge is -2.29. The Hall–Kier alpha value is -0.530. The van der Waals surface area contributed by atoms with E-state index < -0.39 is 5.97 Å². The molecule has 2 saturated carbocycles. The van der Waals surface area contributed by atoms with E-state index in [4.69, 9.17) is 5.11 Å². The highest BCUT2D eigenvalue weighted by Gasteiger charge is 2.47. The number of aliphatic carboxylic acids is 1. The SMILES string of the molecule is CC1(CC(=O)O)C[C@H]2CC[C@H]2C1. The van der Waals surface area contributed by atoms with Crippen LogP contribution in [0.3, 0.4) is 0 Å². The highest BCUT2D eigenvalue weighted by atomic mass is 16.4. The van der Waals surface area contributed by atoms with Crippen LogP contribution in [0.1, 0.15) is 39.0 Å². The van der Waals surface area contributed by atoms with Crippen LogP contribution in [-0.2, 0) is 4.79 Å². The van der Waals surface area contributed by atoms with Gasteiger partial charge in [-0.15, -0.1) is 0 Å². The molecule has 0 bridgehead atoms. The quantitative estimate of drug-likeness (QED) is 0.686. The zero-order chi connectivity index (χ0) is 8.77. The third-order valence-corrected chi connectivity index (χ3v) is 3.66. The van der Waals surface area contributed by atoms with E-state index in [0.717, 1.165) is 24.7 Å². The fourth-order valence-electron chi connectivity index (χ4n) is 3.03. The standard InChI is InChI=1S/C10H16O2/c1-10(6-9(11)12)4-7-2-3-8(7)5-10/h7-8H,2-6H2,1H3,(H,11,12)/t7-,8+,10?. The van der Waals surface area contributed by atoms with Crippen LogP contribution in [0.5, 0.6) is 0 Å². The van der Waals surface area contributed by atoms with E-state index in [1.165, 1.54) is 12.8 Å². The average molecular weight is 168 g/mol. The number of carboxylic acids is 1. The van der Waals surface area contributed by atoms with Crippen molar-refractivity contribution in [3.05, 3.63) is 0 Å². The smallest absolute Gasteiger partial charge is 0.303 e. The lowest BCUT2D eigenvalue weighted by Crippen LogP contribution is -2.18. The van der Waals surface area contributed by atoms with E-state index in [9.17, 15) is 4.79 Å². The van der Waals surface area contributed by atoms with Crippen molar-refractivity contribution < 1.29 is 9.90 Å². The molecule has 0 aromatic heterocycles. The maximum atomic E-state index is 10.6. The van der Waals surface area contributed by atoms with Crippen molar-refractivity contribution in [3.8, 4) is 0 Å². The van der Waals surface area contributed by atoms with Crippen molar-refractivity contribution in [2.75, 3.05) is 0 Å². The number of carbonyl (C=O) groups is 1. The van der Waals surface area contributed by atoms with E-state index >= 15 is 0 Å². The molecule has 2 heteroatoms. The molecule has 0 amide bonds. The first kappa shape index (κ1) is 8.09. The van der Waals surface area contributed by atoms with E-state index in [-0.39, 0.29) is 5.41 Å². The van der Waals surface area contributed by atoms with Crippen LogP contribution in [0.4, 0.5) is 0 Å². The van der Waals surface area contributed by atoms with E-state index in [2.05, 4.69) is 6.92 Å². The van der Waals surface area contributed by atoms with Crippen molar-refractivity contribution in [2.45, 2.75) is 39.0 Å². The Morgan fingerprint density at radius 3 is 2.25 bits per heavy atom. The predicted octanol–water partition coefficient (Wildman–Crippen LogP) is 2.29. The molecule has 0 aliphatic heterocycles. The second-order valence-corrected chi connectivity index (χ2v) is 4.89. The first-order valence-corrected chi connectivity index (χ1v) is 4.81. The minimum Gasteiger partial charge on any atom is -0.481 e. The van der Waals surface area contributed by atoms with Gasteiger partial charge >= 0.3 is 5.97 Å². The van der Waals surface area contributed by atoms with E-state index in [1.54, 1.807) is 0 Å². The molecule has 0 aromatic rings. The van der Waals surface area contributed by atoms with Crippen LogP contribution in [0.2, 0.25) is 0 Å². The van der Waals surface area contributed by atoms with Crippen LogP contribution in [0.15, 0.2) is 0 Å². The van der Waals surface area contributed by atoms with E-state index in [0.29, 0.717) is 6.42 Å². The fourth-order valence-corrected chi connectivity index (χ4v) is 3.03. The summed E-state index contributed by atoms with van der Waals surface area (Å²) in [6.45, 7) is 2.14. The molecule has 0 saturated heterocycles. The van der Waals surface area contributed by atoms with Crippen LogP contribution in [-0.4, -0.2) is 11.1 Å². The van der Waals surface area contributed by atoms with Gasteiger partial charge in [0.1, 0.15) is 0 Å². The number of fused-ring (bicyclic) bond motifs is 1. The third-order valence-electron chi connectivity index (χ3n) is 3.66. The molecule has 0 aromatic carbocycles. The Morgan fingerprint density at radius 2 is 1.92 bits per heavy atom. The molecule has 2 nitrogen and oxygen atoms in total. The third kappa shape index (κ3) is 1.23. The van der Waals surface area contributed by atoms with Crippen LogP contribution in [0, 0.1) is 17.3 Å². The summed E-state index contributed by atoms with van der Waals surface area (Å²) in [4.78, 5) is 10.6. The molecule has 3 atom stereocenters. The number of rotatable bonds is 2. The second-order valence-electron chi connectivity index (χ2n) is 4.89. The van der Waals surface area contributed by atoms with Crippen LogP contribution < -0.4 is 0 Å². The molecule has 0 spiro atoms. The van der Waals surface area contributed by atoms with Gasteiger partial charge in [0, 0.05) is 0 Å². The maximum Gasteiger partial charge on any atom is 0.303 e. The van der Waals surface area contributed by atoms with Gasteiger partial charge in [0.2, 0.25) is 0 Å². The molecule has 0 radical (unpaired) electrons. The summed E-state index contributed by atoms with van der Waals surface area (Å²) in [5, 5.41) is 8.73. The lowest BCUT2D eigenvalue weighted by molar-refractivity contribution is -0.139. The van der Waals surface area contributed by atoms with Crippen LogP contribution >= 0.6 is 0 Å². The Balaban J connectivity index is 1.98. The highest BCUT2D eigenvalue weighted by Crippen LogP contribution is 2.56. The summed E-state index contributed by atoms with van der Waals surface area (Å²) in [7, 11) is 0. The molecular weight excluding hydrogens is 152 g/mol.